The molecule has 0 saturated carbocycles. The molecule has 0 atom stereocenters. The number of rotatable bonds is 7. The minimum absolute atomic E-state index is 0.180. The van der Waals surface area contributed by atoms with E-state index in [-0.39, 0.29) is 5.75 Å². The standard InChI is InChI=1S/C11H16ClNO3S/c12-11-6-2-1-5-10(11)9-13-7-3-4-8-17(14,15)16/h1-2,5-6,13H,3-4,7-9H2,(H,14,15,16). The van der Waals surface area contributed by atoms with Crippen molar-refractivity contribution in [3.8, 4) is 0 Å². The van der Waals surface area contributed by atoms with Gasteiger partial charge in [-0.25, -0.2) is 0 Å². The Morgan fingerprint density at radius 2 is 1.94 bits per heavy atom. The zero-order chi connectivity index (χ0) is 12.7. The first-order valence-electron chi connectivity index (χ1n) is 5.38. The molecule has 17 heavy (non-hydrogen) atoms. The van der Waals surface area contributed by atoms with E-state index >= 15 is 0 Å². The van der Waals surface area contributed by atoms with Gasteiger partial charge in [0.1, 0.15) is 0 Å². The predicted molar refractivity (Wildman–Crippen MR) is 68.8 cm³/mol. The maximum Gasteiger partial charge on any atom is 0.264 e. The van der Waals surface area contributed by atoms with Gasteiger partial charge in [0.15, 0.2) is 0 Å². The summed E-state index contributed by atoms with van der Waals surface area (Å²) < 4.78 is 29.4. The monoisotopic (exact) mass is 277 g/mol. The highest BCUT2D eigenvalue weighted by Gasteiger charge is 2.03. The Morgan fingerprint density at radius 1 is 1.24 bits per heavy atom. The van der Waals surface area contributed by atoms with Gasteiger partial charge in [-0.2, -0.15) is 8.42 Å². The van der Waals surface area contributed by atoms with Crippen molar-refractivity contribution in [3.05, 3.63) is 34.9 Å². The lowest BCUT2D eigenvalue weighted by molar-refractivity contribution is 0.479. The van der Waals surface area contributed by atoms with E-state index in [2.05, 4.69) is 5.32 Å². The van der Waals surface area contributed by atoms with Crippen LogP contribution in [0.15, 0.2) is 24.3 Å². The second-order valence-electron chi connectivity index (χ2n) is 3.76. The molecule has 96 valence electrons. The fourth-order valence-electron chi connectivity index (χ4n) is 1.40. The van der Waals surface area contributed by atoms with Crippen molar-refractivity contribution in [2.45, 2.75) is 19.4 Å². The molecule has 0 amide bonds. The first kappa shape index (κ1) is 14.4. The van der Waals surface area contributed by atoms with Crippen LogP contribution in [-0.4, -0.2) is 25.3 Å². The fourth-order valence-corrected chi connectivity index (χ4v) is 2.17. The molecule has 0 bridgehead atoms. The third-order valence-corrected chi connectivity index (χ3v) is 3.45. The average Bonchev–Trinajstić information content (AvgIpc) is 2.24. The van der Waals surface area contributed by atoms with Crippen molar-refractivity contribution >= 4 is 21.7 Å². The summed E-state index contributed by atoms with van der Waals surface area (Å²) in [5.74, 6) is -0.180. The number of halogens is 1. The van der Waals surface area contributed by atoms with Crippen molar-refractivity contribution in [1.29, 1.82) is 0 Å². The molecule has 2 N–H and O–H groups in total. The number of benzene rings is 1. The van der Waals surface area contributed by atoms with E-state index in [1.807, 2.05) is 24.3 Å². The predicted octanol–water partition coefficient (Wildman–Crippen LogP) is 2.10. The Labute approximate surface area is 107 Å². The molecule has 1 aromatic rings. The summed E-state index contributed by atoms with van der Waals surface area (Å²) in [5.41, 5.74) is 1.02. The Bertz CT molecular complexity index is 448. The van der Waals surface area contributed by atoms with Crippen LogP contribution in [0.1, 0.15) is 18.4 Å². The van der Waals surface area contributed by atoms with Crippen LogP contribution in [-0.2, 0) is 16.7 Å². The van der Waals surface area contributed by atoms with Gasteiger partial charge in [-0.1, -0.05) is 29.8 Å². The largest absolute Gasteiger partial charge is 0.313 e. The van der Waals surface area contributed by atoms with Crippen molar-refractivity contribution < 1.29 is 13.0 Å². The molecule has 0 spiro atoms. The van der Waals surface area contributed by atoms with Crippen LogP contribution in [0.25, 0.3) is 0 Å². The molecule has 4 nitrogen and oxygen atoms in total. The molecule has 6 heteroatoms. The van der Waals surface area contributed by atoms with Crippen LogP contribution in [0.5, 0.6) is 0 Å². The van der Waals surface area contributed by atoms with Crippen LogP contribution in [0.2, 0.25) is 5.02 Å². The molecule has 0 heterocycles. The summed E-state index contributed by atoms with van der Waals surface area (Å²) in [6, 6.07) is 7.56. The van der Waals surface area contributed by atoms with E-state index in [0.717, 1.165) is 10.6 Å². The van der Waals surface area contributed by atoms with Gasteiger partial charge in [0, 0.05) is 11.6 Å². The number of hydrogen-bond donors (Lipinski definition) is 2. The zero-order valence-electron chi connectivity index (χ0n) is 9.39. The Morgan fingerprint density at radius 3 is 2.59 bits per heavy atom. The van der Waals surface area contributed by atoms with Crippen LogP contribution in [0, 0.1) is 0 Å². The Kier molecular flexibility index (Phi) is 5.91. The normalized spacial score (nSPS) is 11.6. The highest BCUT2D eigenvalue weighted by atomic mass is 35.5. The molecule has 0 fully saturated rings. The van der Waals surface area contributed by atoms with Crippen LogP contribution < -0.4 is 5.32 Å². The Hall–Kier alpha value is -0.620. The molecule has 0 radical (unpaired) electrons. The van der Waals surface area contributed by atoms with Crippen molar-refractivity contribution in [2.75, 3.05) is 12.3 Å². The lowest BCUT2D eigenvalue weighted by atomic mass is 10.2. The molecular formula is C11H16ClNO3S. The average molecular weight is 278 g/mol. The van der Waals surface area contributed by atoms with Gasteiger partial charge in [-0.05, 0) is 31.0 Å². The van der Waals surface area contributed by atoms with Gasteiger partial charge in [0.2, 0.25) is 0 Å². The van der Waals surface area contributed by atoms with Gasteiger partial charge in [-0.3, -0.25) is 4.55 Å². The number of unbranched alkanes of at least 4 members (excludes halogenated alkanes) is 1. The molecule has 0 aliphatic heterocycles. The third-order valence-electron chi connectivity index (χ3n) is 2.28. The summed E-state index contributed by atoms with van der Waals surface area (Å²) in [6.07, 6.45) is 1.15. The lowest BCUT2D eigenvalue weighted by Crippen LogP contribution is -2.16. The maximum atomic E-state index is 10.4. The van der Waals surface area contributed by atoms with Crippen molar-refractivity contribution in [3.63, 3.8) is 0 Å². The van der Waals surface area contributed by atoms with Gasteiger partial charge in [0.25, 0.3) is 10.1 Å². The zero-order valence-corrected chi connectivity index (χ0v) is 11.0. The van der Waals surface area contributed by atoms with Gasteiger partial charge >= 0.3 is 0 Å². The van der Waals surface area contributed by atoms with Gasteiger partial charge < -0.3 is 5.32 Å². The molecule has 0 unspecified atom stereocenters. The minimum atomic E-state index is -3.82. The van der Waals surface area contributed by atoms with E-state index in [1.165, 1.54) is 0 Å². The van der Waals surface area contributed by atoms with Gasteiger partial charge in [0.05, 0.1) is 5.75 Å². The van der Waals surface area contributed by atoms with E-state index in [0.29, 0.717) is 25.9 Å². The van der Waals surface area contributed by atoms with Crippen LogP contribution >= 0.6 is 11.6 Å². The van der Waals surface area contributed by atoms with Crippen LogP contribution in [0.4, 0.5) is 0 Å². The SMILES string of the molecule is O=S(=O)(O)CCCCNCc1ccccc1Cl. The van der Waals surface area contributed by atoms with Crippen LogP contribution in [0.3, 0.4) is 0 Å². The van der Waals surface area contributed by atoms with Crippen molar-refractivity contribution in [2.24, 2.45) is 0 Å². The molecule has 0 aliphatic carbocycles. The van der Waals surface area contributed by atoms with Gasteiger partial charge in [-0.15, -0.1) is 0 Å². The molecular weight excluding hydrogens is 262 g/mol. The summed E-state index contributed by atoms with van der Waals surface area (Å²) in [6.45, 7) is 1.35. The number of nitrogens with one attached hydrogen (secondary N) is 1. The Balaban J connectivity index is 2.15. The first-order chi connectivity index (χ1) is 7.99. The molecule has 1 rings (SSSR count). The maximum absolute atomic E-state index is 10.4. The summed E-state index contributed by atoms with van der Waals surface area (Å²) >= 11 is 5.97. The van der Waals surface area contributed by atoms with Crippen molar-refractivity contribution in [1.82, 2.24) is 5.32 Å². The quantitative estimate of drug-likeness (QED) is 0.592. The van der Waals surface area contributed by atoms with E-state index in [9.17, 15) is 8.42 Å². The summed E-state index contributed by atoms with van der Waals surface area (Å²) in [4.78, 5) is 0. The second kappa shape index (κ2) is 6.96. The van der Waals surface area contributed by atoms with E-state index < -0.39 is 10.1 Å². The molecule has 0 aromatic heterocycles. The highest BCUT2D eigenvalue weighted by Crippen LogP contribution is 2.14. The van der Waals surface area contributed by atoms with E-state index in [1.54, 1.807) is 0 Å². The third kappa shape index (κ3) is 6.63. The minimum Gasteiger partial charge on any atom is -0.313 e. The highest BCUT2D eigenvalue weighted by molar-refractivity contribution is 7.85. The second-order valence-corrected chi connectivity index (χ2v) is 5.74. The topological polar surface area (TPSA) is 66.4 Å². The van der Waals surface area contributed by atoms with E-state index in [4.69, 9.17) is 16.2 Å². The summed E-state index contributed by atoms with van der Waals surface area (Å²) in [7, 11) is -3.82. The summed E-state index contributed by atoms with van der Waals surface area (Å²) in [5, 5.41) is 3.89. The molecule has 1 aromatic carbocycles. The first-order valence-corrected chi connectivity index (χ1v) is 7.37. The fraction of sp³-hybridized carbons (Fsp3) is 0.455. The molecule has 0 aliphatic rings. The molecule has 0 saturated heterocycles. The smallest absolute Gasteiger partial charge is 0.264 e. The number of hydrogen-bond acceptors (Lipinski definition) is 3. The lowest BCUT2D eigenvalue weighted by Gasteiger charge is -2.06.